The summed E-state index contributed by atoms with van der Waals surface area (Å²) in [4.78, 5) is 16.7. The van der Waals surface area contributed by atoms with Gasteiger partial charge in [-0.15, -0.1) is 11.3 Å². The standard InChI is InChI=1S/C19H24N2O4S2/c1-4-17-14(2)13-18(26-17)19(22)20-9-11-21(12-10-20)27(23,24)16-7-5-15(25-3)6-8-16/h5-8,13H,4,9-12H2,1-3H3. The number of carbonyl (C=O) groups excluding carboxylic acids is 1. The Hall–Kier alpha value is -1.90. The molecule has 3 rings (SSSR count). The van der Waals surface area contributed by atoms with Crippen LogP contribution in [-0.4, -0.2) is 56.8 Å². The van der Waals surface area contributed by atoms with Crippen LogP contribution in [-0.2, 0) is 16.4 Å². The molecule has 1 saturated heterocycles. The Labute approximate surface area is 164 Å². The number of thiophene rings is 1. The van der Waals surface area contributed by atoms with Gasteiger partial charge in [-0.1, -0.05) is 6.92 Å². The number of ether oxygens (including phenoxy) is 1. The lowest BCUT2D eigenvalue weighted by atomic mass is 10.2. The van der Waals surface area contributed by atoms with Crippen molar-refractivity contribution in [2.45, 2.75) is 25.2 Å². The van der Waals surface area contributed by atoms with E-state index in [0.29, 0.717) is 31.9 Å². The van der Waals surface area contributed by atoms with Gasteiger partial charge in [0.1, 0.15) is 5.75 Å². The lowest BCUT2D eigenvalue weighted by Gasteiger charge is -2.33. The number of aryl methyl sites for hydroxylation is 2. The molecular weight excluding hydrogens is 384 g/mol. The molecule has 0 spiro atoms. The quantitative estimate of drug-likeness (QED) is 0.763. The van der Waals surface area contributed by atoms with E-state index in [1.165, 1.54) is 27.6 Å². The molecular formula is C19H24N2O4S2. The van der Waals surface area contributed by atoms with E-state index >= 15 is 0 Å². The van der Waals surface area contributed by atoms with Crippen molar-refractivity contribution in [3.63, 3.8) is 0 Å². The smallest absolute Gasteiger partial charge is 0.264 e. The summed E-state index contributed by atoms with van der Waals surface area (Å²) in [5.41, 5.74) is 1.14. The normalized spacial score (nSPS) is 15.7. The van der Waals surface area contributed by atoms with Gasteiger partial charge in [0.2, 0.25) is 10.0 Å². The van der Waals surface area contributed by atoms with Gasteiger partial charge < -0.3 is 9.64 Å². The maximum absolute atomic E-state index is 12.8. The monoisotopic (exact) mass is 408 g/mol. The molecule has 0 unspecified atom stereocenters. The van der Waals surface area contributed by atoms with E-state index < -0.39 is 10.0 Å². The fourth-order valence-electron chi connectivity index (χ4n) is 3.16. The zero-order valence-corrected chi connectivity index (χ0v) is 17.4. The van der Waals surface area contributed by atoms with Crippen LogP contribution in [0.2, 0.25) is 0 Å². The minimum absolute atomic E-state index is 0.00991. The number of methoxy groups -OCH3 is 1. The van der Waals surface area contributed by atoms with Crippen LogP contribution in [0.4, 0.5) is 0 Å². The SMILES string of the molecule is CCc1sc(C(=O)N2CCN(S(=O)(=O)c3ccc(OC)cc3)CC2)cc1C. The first-order valence-corrected chi connectivity index (χ1v) is 11.1. The zero-order valence-electron chi connectivity index (χ0n) is 15.8. The van der Waals surface area contributed by atoms with Crippen molar-refractivity contribution in [2.75, 3.05) is 33.3 Å². The minimum atomic E-state index is -3.56. The van der Waals surface area contributed by atoms with E-state index in [0.717, 1.165) is 16.9 Å². The molecule has 1 fully saturated rings. The van der Waals surface area contributed by atoms with Crippen molar-refractivity contribution in [3.8, 4) is 5.75 Å². The lowest BCUT2D eigenvalue weighted by molar-refractivity contribution is 0.0702. The number of hydrogen-bond acceptors (Lipinski definition) is 5. The third kappa shape index (κ3) is 4.02. The first kappa shape index (κ1) is 19.9. The fourth-order valence-corrected chi connectivity index (χ4v) is 5.66. The predicted octanol–water partition coefficient (Wildman–Crippen LogP) is 2.77. The summed E-state index contributed by atoms with van der Waals surface area (Å²) in [6.07, 6.45) is 0.914. The van der Waals surface area contributed by atoms with Crippen molar-refractivity contribution < 1.29 is 17.9 Å². The number of carbonyl (C=O) groups is 1. The molecule has 0 bridgehead atoms. The van der Waals surface area contributed by atoms with Gasteiger partial charge >= 0.3 is 0 Å². The van der Waals surface area contributed by atoms with E-state index in [4.69, 9.17) is 4.74 Å². The molecule has 6 nitrogen and oxygen atoms in total. The number of piperazine rings is 1. The number of hydrogen-bond donors (Lipinski definition) is 0. The molecule has 2 heterocycles. The molecule has 1 aromatic heterocycles. The van der Waals surface area contributed by atoms with Crippen LogP contribution in [0.1, 0.15) is 27.0 Å². The highest BCUT2D eigenvalue weighted by atomic mass is 32.2. The maximum Gasteiger partial charge on any atom is 0.264 e. The Morgan fingerprint density at radius 3 is 2.30 bits per heavy atom. The average Bonchev–Trinajstić information content (AvgIpc) is 3.08. The number of benzene rings is 1. The summed E-state index contributed by atoms with van der Waals surface area (Å²) in [5.74, 6) is 0.603. The van der Waals surface area contributed by atoms with E-state index in [1.54, 1.807) is 29.2 Å². The molecule has 1 amide bonds. The zero-order chi connectivity index (χ0) is 19.6. The largest absolute Gasteiger partial charge is 0.497 e. The lowest BCUT2D eigenvalue weighted by Crippen LogP contribution is -2.50. The molecule has 0 saturated carbocycles. The highest BCUT2D eigenvalue weighted by molar-refractivity contribution is 7.89. The van der Waals surface area contributed by atoms with E-state index in [2.05, 4.69) is 6.92 Å². The molecule has 0 atom stereocenters. The summed E-state index contributed by atoms with van der Waals surface area (Å²) in [5, 5.41) is 0. The summed E-state index contributed by atoms with van der Waals surface area (Å²) >= 11 is 1.53. The van der Waals surface area contributed by atoms with Crippen molar-refractivity contribution in [1.82, 2.24) is 9.21 Å². The van der Waals surface area contributed by atoms with Crippen molar-refractivity contribution in [3.05, 3.63) is 45.6 Å². The first-order valence-electron chi connectivity index (χ1n) is 8.89. The van der Waals surface area contributed by atoms with E-state index in [9.17, 15) is 13.2 Å². The van der Waals surface area contributed by atoms with Gasteiger partial charge in [0, 0.05) is 31.1 Å². The molecule has 0 N–H and O–H groups in total. The second kappa shape index (κ2) is 8.00. The molecule has 0 radical (unpaired) electrons. The van der Waals surface area contributed by atoms with Crippen LogP contribution in [0, 0.1) is 6.92 Å². The molecule has 1 aromatic carbocycles. The number of amides is 1. The third-order valence-corrected chi connectivity index (χ3v) is 8.06. The van der Waals surface area contributed by atoms with Crippen LogP contribution >= 0.6 is 11.3 Å². The maximum atomic E-state index is 12.8. The average molecular weight is 409 g/mol. The first-order chi connectivity index (χ1) is 12.9. The van der Waals surface area contributed by atoms with Gasteiger partial charge in [0.25, 0.3) is 5.91 Å². The minimum Gasteiger partial charge on any atom is -0.497 e. The van der Waals surface area contributed by atoms with Gasteiger partial charge in [-0.2, -0.15) is 4.31 Å². The highest BCUT2D eigenvalue weighted by Crippen LogP contribution is 2.25. The van der Waals surface area contributed by atoms with Gasteiger partial charge in [-0.25, -0.2) is 8.42 Å². The molecule has 1 aliphatic heterocycles. The molecule has 0 aliphatic carbocycles. The molecule has 8 heteroatoms. The van der Waals surface area contributed by atoms with Crippen LogP contribution in [0.25, 0.3) is 0 Å². The van der Waals surface area contributed by atoms with Gasteiger partial charge in [-0.05, 0) is 49.2 Å². The Morgan fingerprint density at radius 1 is 1.15 bits per heavy atom. The molecule has 1 aliphatic rings. The molecule has 2 aromatic rings. The molecule has 27 heavy (non-hydrogen) atoms. The van der Waals surface area contributed by atoms with Crippen LogP contribution in [0.15, 0.2) is 35.2 Å². The van der Waals surface area contributed by atoms with Crippen molar-refractivity contribution >= 4 is 27.3 Å². The van der Waals surface area contributed by atoms with Gasteiger partial charge in [-0.3, -0.25) is 4.79 Å². The second-order valence-electron chi connectivity index (χ2n) is 6.44. The number of nitrogens with zero attached hydrogens (tertiary/aromatic N) is 2. The fraction of sp³-hybridized carbons (Fsp3) is 0.421. The van der Waals surface area contributed by atoms with E-state index in [-0.39, 0.29) is 10.8 Å². The van der Waals surface area contributed by atoms with Crippen LogP contribution in [0.3, 0.4) is 0 Å². The molecule has 146 valence electrons. The van der Waals surface area contributed by atoms with Crippen molar-refractivity contribution in [1.29, 1.82) is 0 Å². The third-order valence-electron chi connectivity index (χ3n) is 4.78. The Bertz CT molecular complexity index is 912. The van der Waals surface area contributed by atoms with Gasteiger partial charge in [0.15, 0.2) is 0 Å². The summed E-state index contributed by atoms with van der Waals surface area (Å²) in [7, 11) is -2.02. The summed E-state index contributed by atoms with van der Waals surface area (Å²) < 4.78 is 32.1. The second-order valence-corrected chi connectivity index (χ2v) is 9.52. The predicted molar refractivity (Wildman–Crippen MR) is 106 cm³/mol. The number of sulfonamides is 1. The summed E-state index contributed by atoms with van der Waals surface area (Å²) in [6.45, 7) is 5.48. The Balaban J connectivity index is 1.67. The topological polar surface area (TPSA) is 66.9 Å². The Morgan fingerprint density at radius 2 is 1.78 bits per heavy atom. The van der Waals surface area contributed by atoms with Gasteiger partial charge in [0.05, 0.1) is 16.9 Å². The number of rotatable bonds is 5. The van der Waals surface area contributed by atoms with Crippen molar-refractivity contribution in [2.24, 2.45) is 0 Å². The van der Waals surface area contributed by atoms with Crippen LogP contribution < -0.4 is 4.74 Å². The Kier molecular flexibility index (Phi) is 5.88. The van der Waals surface area contributed by atoms with Crippen LogP contribution in [0.5, 0.6) is 5.75 Å². The highest BCUT2D eigenvalue weighted by Gasteiger charge is 2.31. The van der Waals surface area contributed by atoms with E-state index in [1.807, 2.05) is 13.0 Å². The summed E-state index contributed by atoms with van der Waals surface area (Å²) in [6, 6.07) is 8.30.